The van der Waals surface area contributed by atoms with E-state index in [9.17, 15) is 9.90 Å². The summed E-state index contributed by atoms with van der Waals surface area (Å²) in [7, 11) is 1.56. The van der Waals surface area contributed by atoms with E-state index in [-0.39, 0.29) is 17.6 Å². The van der Waals surface area contributed by atoms with E-state index in [1.165, 1.54) is 6.07 Å². The Morgan fingerprint density at radius 3 is 2.67 bits per heavy atom. The monoisotopic (exact) mass is 494 g/mol. The zero-order valence-electron chi connectivity index (χ0n) is 20.2. The van der Waals surface area contributed by atoms with Crippen molar-refractivity contribution in [2.24, 2.45) is 0 Å². The number of fused-ring (bicyclic) bond motifs is 5. The number of nitrogens with one attached hydrogen (secondary N) is 1. The molecule has 10 nitrogen and oxygen atoms in total. The van der Waals surface area contributed by atoms with Gasteiger partial charge < -0.3 is 33.9 Å². The third-order valence-corrected chi connectivity index (χ3v) is 7.83. The van der Waals surface area contributed by atoms with E-state index in [1.807, 2.05) is 6.07 Å². The first-order chi connectivity index (χ1) is 17.5. The van der Waals surface area contributed by atoms with Gasteiger partial charge in [-0.15, -0.1) is 0 Å². The molecular formula is C26H30N4O6. The zero-order valence-corrected chi connectivity index (χ0v) is 20.2. The fourth-order valence-electron chi connectivity index (χ4n) is 5.53. The minimum Gasteiger partial charge on any atom is -0.495 e. The second-order valence-corrected chi connectivity index (χ2v) is 9.88. The van der Waals surface area contributed by atoms with Gasteiger partial charge in [-0.2, -0.15) is 0 Å². The number of hydrogen-bond donors (Lipinski definition) is 2. The van der Waals surface area contributed by atoms with E-state index < -0.39 is 11.7 Å². The Kier molecular flexibility index (Phi) is 5.82. The van der Waals surface area contributed by atoms with Crippen LogP contribution in [0.25, 0.3) is 11.0 Å². The van der Waals surface area contributed by atoms with E-state index in [2.05, 4.69) is 15.3 Å². The third-order valence-electron chi connectivity index (χ3n) is 7.83. The van der Waals surface area contributed by atoms with Crippen molar-refractivity contribution in [1.29, 1.82) is 0 Å². The van der Waals surface area contributed by atoms with Gasteiger partial charge in [-0.1, -0.05) is 0 Å². The minimum atomic E-state index is -0.829. The quantitative estimate of drug-likeness (QED) is 0.507. The summed E-state index contributed by atoms with van der Waals surface area (Å²) >= 11 is 0. The van der Waals surface area contributed by atoms with Gasteiger partial charge in [-0.3, -0.25) is 14.8 Å². The maximum atomic E-state index is 12.7. The molecule has 1 unspecified atom stereocenters. The van der Waals surface area contributed by atoms with Crippen LogP contribution in [0.2, 0.25) is 0 Å². The summed E-state index contributed by atoms with van der Waals surface area (Å²) in [5.41, 5.74) is 1.16. The van der Waals surface area contributed by atoms with E-state index in [1.54, 1.807) is 36.2 Å². The summed E-state index contributed by atoms with van der Waals surface area (Å²) in [4.78, 5) is 21.6. The second-order valence-electron chi connectivity index (χ2n) is 9.88. The number of aliphatic hydroxyl groups excluding tert-OH is 1. The van der Waals surface area contributed by atoms with Crippen molar-refractivity contribution in [1.82, 2.24) is 19.9 Å². The van der Waals surface area contributed by atoms with E-state index >= 15 is 0 Å². The average Bonchev–Trinajstić information content (AvgIpc) is 2.94. The fourth-order valence-corrected chi connectivity index (χ4v) is 5.53. The Morgan fingerprint density at radius 1 is 1.11 bits per heavy atom. The molecular weight excluding hydrogens is 464 g/mol. The highest BCUT2D eigenvalue weighted by molar-refractivity contribution is 5.75. The lowest BCUT2D eigenvalue weighted by Crippen LogP contribution is -2.65. The largest absolute Gasteiger partial charge is 0.495 e. The lowest BCUT2D eigenvalue weighted by atomic mass is 9.69. The summed E-state index contributed by atoms with van der Waals surface area (Å²) in [5, 5.41) is 15.0. The van der Waals surface area contributed by atoms with Crippen LogP contribution in [0.4, 0.5) is 0 Å². The molecule has 0 radical (unpaired) electrons. The van der Waals surface area contributed by atoms with Gasteiger partial charge in [0.05, 0.1) is 55.0 Å². The molecule has 2 N–H and O–H groups in total. The lowest BCUT2D eigenvalue weighted by molar-refractivity contribution is -0.211. The molecule has 1 atom stereocenters. The fraction of sp³-hybridized carbons (Fsp3) is 0.500. The first-order valence-corrected chi connectivity index (χ1v) is 12.3. The van der Waals surface area contributed by atoms with Crippen molar-refractivity contribution in [3.63, 3.8) is 0 Å². The summed E-state index contributed by atoms with van der Waals surface area (Å²) in [5.74, 6) is 1.97. The molecule has 2 bridgehead atoms. The summed E-state index contributed by atoms with van der Waals surface area (Å²) in [6.45, 7) is 2.30. The second kappa shape index (κ2) is 9.02. The number of nitrogens with zero attached hydrogens (tertiary/aromatic N) is 3. The molecule has 36 heavy (non-hydrogen) atoms. The highest BCUT2D eigenvalue weighted by atomic mass is 16.6. The summed E-state index contributed by atoms with van der Waals surface area (Å²) in [6.07, 6.45) is 5.65. The molecule has 0 spiro atoms. The topological polar surface area (TPSA) is 117 Å². The van der Waals surface area contributed by atoms with Gasteiger partial charge in [0.1, 0.15) is 25.1 Å². The number of hydrogen-bond acceptors (Lipinski definition) is 9. The number of aliphatic hydroxyl groups is 1. The normalized spacial score (nSPS) is 25.6. The molecule has 3 fully saturated rings. The minimum absolute atomic E-state index is 0.132. The average molecular weight is 495 g/mol. The van der Waals surface area contributed by atoms with Gasteiger partial charge in [0, 0.05) is 30.3 Å². The van der Waals surface area contributed by atoms with Crippen LogP contribution in [0.1, 0.15) is 31.4 Å². The van der Waals surface area contributed by atoms with Crippen LogP contribution in [-0.4, -0.2) is 63.8 Å². The molecule has 0 aromatic carbocycles. The van der Waals surface area contributed by atoms with Crippen LogP contribution in [0.3, 0.4) is 0 Å². The van der Waals surface area contributed by atoms with E-state index in [4.69, 9.17) is 18.9 Å². The van der Waals surface area contributed by atoms with Crippen LogP contribution >= 0.6 is 0 Å². The molecule has 6 heterocycles. The molecule has 7 rings (SSSR count). The lowest BCUT2D eigenvalue weighted by Gasteiger charge is -2.55. The molecule has 4 aliphatic rings. The van der Waals surface area contributed by atoms with E-state index in [0.29, 0.717) is 61.7 Å². The van der Waals surface area contributed by atoms with Gasteiger partial charge in [0.15, 0.2) is 11.5 Å². The molecule has 3 aromatic rings. The smallest absolute Gasteiger partial charge is 0.251 e. The maximum absolute atomic E-state index is 12.7. The summed E-state index contributed by atoms with van der Waals surface area (Å²) in [6, 6.07) is 6.87. The number of rotatable bonds is 7. The van der Waals surface area contributed by atoms with Gasteiger partial charge in [0.2, 0.25) is 0 Å². The Bertz CT molecular complexity index is 1320. The van der Waals surface area contributed by atoms with Crippen LogP contribution in [0.5, 0.6) is 17.2 Å². The van der Waals surface area contributed by atoms with Crippen molar-refractivity contribution >= 4 is 11.0 Å². The maximum Gasteiger partial charge on any atom is 0.251 e. The molecule has 1 saturated carbocycles. The van der Waals surface area contributed by atoms with Crippen molar-refractivity contribution < 1.29 is 24.1 Å². The van der Waals surface area contributed by atoms with Gasteiger partial charge in [-0.25, -0.2) is 0 Å². The molecule has 0 amide bonds. The number of aromatic nitrogens is 3. The van der Waals surface area contributed by atoms with Crippen molar-refractivity contribution in [3.8, 4) is 17.2 Å². The Balaban J connectivity index is 1.14. The summed E-state index contributed by atoms with van der Waals surface area (Å²) < 4.78 is 24.4. The number of methoxy groups -OCH3 is 1. The Hall–Kier alpha value is -3.21. The van der Waals surface area contributed by atoms with Gasteiger partial charge in [0.25, 0.3) is 5.56 Å². The third kappa shape index (κ3) is 4.08. The molecule has 3 aliphatic heterocycles. The highest BCUT2D eigenvalue weighted by Crippen LogP contribution is 2.46. The molecule has 190 valence electrons. The first kappa shape index (κ1) is 23.2. The highest BCUT2D eigenvalue weighted by Gasteiger charge is 2.53. The van der Waals surface area contributed by atoms with Crippen LogP contribution in [-0.2, 0) is 17.8 Å². The first-order valence-electron chi connectivity index (χ1n) is 12.3. The van der Waals surface area contributed by atoms with Crippen molar-refractivity contribution in [3.05, 3.63) is 52.7 Å². The predicted molar refractivity (Wildman–Crippen MR) is 131 cm³/mol. The number of pyridine rings is 3. The van der Waals surface area contributed by atoms with Crippen molar-refractivity contribution in [2.45, 2.75) is 56.0 Å². The SMILES string of the molecule is COc1cnc2ccc(=O)n(CC(O)C34CCC(NCc5cc6c(cn5)OCCO6)(CC3)CO4)c2c1. The molecule has 10 heteroatoms. The standard InChI is InChI=1S/C26H30N4O6/c1-33-18-11-20-19(28-13-18)2-3-24(32)30(20)15-23(31)26-6-4-25(5-7-26,16-36-26)29-12-17-10-21-22(14-27-17)35-9-8-34-21/h2-3,10-11,13-14,23,29,31H,4-9,12,15-16H2,1H3. The van der Waals surface area contributed by atoms with Crippen molar-refractivity contribution in [2.75, 3.05) is 26.9 Å². The van der Waals surface area contributed by atoms with E-state index in [0.717, 1.165) is 24.3 Å². The Labute approximate surface area is 208 Å². The number of ether oxygens (including phenoxy) is 4. The van der Waals surface area contributed by atoms with Crippen LogP contribution in [0, 0.1) is 0 Å². The van der Waals surface area contributed by atoms with Gasteiger partial charge in [-0.05, 0) is 31.7 Å². The molecule has 1 aliphatic carbocycles. The predicted octanol–water partition coefficient (Wildman–Crippen LogP) is 1.80. The van der Waals surface area contributed by atoms with Crippen LogP contribution < -0.4 is 25.1 Å². The van der Waals surface area contributed by atoms with Gasteiger partial charge >= 0.3 is 0 Å². The molecule has 3 aromatic heterocycles. The Morgan fingerprint density at radius 2 is 1.92 bits per heavy atom. The molecule has 2 saturated heterocycles. The van der Waals surface area contributed by atoms with Crippen LogP contribution in [0.15, 0.2) is 41.5 Å². The zero-order chi connectivity index (χ0) is 24.8.